The van der Waals surface area contributed by atoms with Gasteiger partial charge in [-0.2, -0.15) is 0 Å². The third kappa shape index (κ3) is 5.31. The van der Waals surface area contributed by atoms with Gasteiger partial charge in [0, 0.05) is 13.1 Å². The summed E-state index contributed by atoms with van der Waals surface area (Å²) in [7, 11) is -3.46. The molecule has 1 fully saturated rings. The highest BCUT2D eigenvalue weighted by atomic mass is 32.2. The number of aromatic nitrogens is 2. The first-order valence-corrected chi connectivity index (χ1v) is 12.6. The zero-order chi connectivity index (χ0) is 21.7. The van der Waals surface area contributed by atoms with E-state index in [1.165, 1.54) is 5.56 Å². The Morgan fingerprint density at radius 2 is 1.83 bits per heavy atom. The monoisotopic (exact) mass is 433 g/mol. The van der Waals surface area contributed by atoms with Crippen molar-refractivity contribution in [2.24, 2.45) is 5.92 Å². The summed E-state index contributed by atoms with van der Waals surface area (Å²) in [5.74, 6) is 0.367. The Hall–Kier alpha value is -1.70. The van der Waals surface area contributed by atoms with Gasteiger partial charge in [0.2, 0.25) is 15.0 Å². The maximum atomic E-state index is 12.9. The molecule has 0 amide bonds. The second-order valence-corrected chi connectivity index (χ2v) is 11.0. The van der Waals surface area contributed by atoms with Crippen molar-refractivity contribution in [1.82, 2.24) is 14.5 Å². The number of aliphatic hydroxyl groups excluding tert-OH is 1. The highest BCUT2D eigenvalue weighted by molar-refractivity contribution is 7.91. The average Bonchev–Trinajstić information content (AvgIpc) is 3.16. The fraction of sp³-hybridized carbons (Fsp3) is 0.609. The van der Waals surface area contributed by atoms with Gasteiger partial charge >= 0.3 is 0 Å². The molecular weight excluding hydrogens is 398 g/mol. The van der Waals surface area contributed by atoms with Gasteiger partial charge in [0.1, 0.15) is 0 Å². The second-order valence-electron chi connectivity index (χ2n) is 8.60. The van der Waals surface area contributed by atoms with E-state index in [0.717, 1.165) is 44.5 Å². The van der Waals surface area contributed by atoms with Crippen molar-refractivity contribution in [2.45, 2.75) is 76.1 Å². The lowest BCUT2D eigenvalue weighted by Crippen LogP contribution is -2.37. The zero-order valence-corrected chi connectivity index (χ0v) is 19.2. The topological polar surface area (TPSA) is 75.4 Å². The van der Waals surface area contributed by atoms with Gasteiger partial charge in [-0.1, -0.05) is 37.3 Å². The van der Waals surface area contributed by atoms with Crippen molar-refractivity contribution in [1.29, 1.82) is 0 Å². The van der Waals surface area contributed by atoms with Gasteiger partial charge in [-0.3, -0.25) is 4.90 Å². The van der Waals surface area contributed by atoms with Crippen LogP contribution in [0.15, 0.2) is 41.7 Å². The molecule has 6 nitrogen and oxygen atoms in total. The van der Waals surface area contributed by atoms with Gasteiger partial charge < -0.3 is 9.67 Å². The normalized spacial score (nSPS) is 17.5. The Labute approximate surface area is 180 Å². The number of sulfone groups is 1. The molecule has 0 aliphatic carbocycles. The number of hydrogen-bond acceptors (Lipinski definition) is 5. The molecule has 7 heteroatoms. The number of likely N-dealkylation sites (tertiary alicyclic amines) is 1. The van der Waals surface area contributed by atoms with Gasteiger partial charge in [0.15, 0.2) is 0 Å². The molecule has 0 unspecified atom stereocenters. The van der Waals surface area contributed by atoms with Crippen LogP contribution >= 0.6 is 0 Å². The minimum absolute atomic E-state index is 0.180. The van der Waals surface area contributed by atoms with Crippen LogP contribution in [0.1, 0.15) is 51.3 Å². The molecule has 1 saturated heterocycles. The van der Waals surface area contributed by atoms with Crippen molar-refractivity contribution in [3.63, 3.8) is 0 Å². The molecule has 30 heavy (non-hydrogen) atoms. The van der Waals surface area contributed by atoms with Crippen molar-refractivity contribution in [3.8, 4) is 0 Å². The number of nitrogens with zero attached hydrogens (tertiary/aromatic N) is 3. The number of benzene rings is 1. The van der Waals surface area contributed by atoms with Gasteiger partial charge in [0.05, 0.1) is 23.2 Å². The molecule has 2 aromatic rings. The third-order valence-corrected chi connectivity index (χ3v) is 8.30. The minimum Gasteiger partial charge on any atom is -0.393 e. The molecule has 1 aliphatic heterocycles. The highest BCUT2D eigenvalue weighted by Gasteiger charge is 2.28. The van der Waals surface area contributed by atoms with Crippen molar-refractivity contribution in [2.75, 3.05) is 13.1 Å². The summed E-state index contributed by atoms with van der Waals surface area (Å²) in [4.78, 5) is 6.70. The van der Waals surface area contributed by atoms with Crippen LogP contribution < -0.4 is 0 Å². The minimum atomic E-state index is -3.46. The molecule has 3 rings (SSSR count). The van der Waals surface area contributed by atoms with Crippen LogP contribution in [0.2, 0.25) is 0 Å². The van der Waals surface area contributed by atoms with E-state index in [1.54, 1.807) is 20.0 Å². The maximum Gasteiger partial charge on any atom is 0.228 e. The Balaban J connectivity index is 1.77. The van der Waals surface area contributed by atoms with Crippen LogP contribution in [-0.4, -0.2) is 52.4 Å². The molecule has 0 radical (unpaired) electrons. The third-order valence-electron chi connectivity index (χ3n) is 6.22. The molecule has 1 aromatic carbocycles. The summed E-state index contributed by atoms with van der Waals surface area (Å²) in [6.45, 7) is 8.54. The van der Waals surface area contributed by atoms with Gasteiger partial charge in [0.25, 0.3) is 0 Å². The number of aryl methyl sites for hydroxylation is 1. The number of rotatable bonds is 9. The van der Waals surface area contributed by atoms with Crippen LogP contribution in [0.5, 0.6) is 0 Å². The standard InChI is InChI=1S/C23H35N3O3S/c1-4-22(27)20-11-13-25(14-12-20)17-21-16-24-23(30(28,29)18(2)3)26(21)15-10-19-8-6-5-7-9-19/h5-9,16,18,20,22,27H,4,10-15,17H2,1-3H3/t22-/m0/s1. The van der Waals surface area contributed by atoms with E-state index in [0.29, 0.717) is 19.0 Å². The Morgan fingerprint density at radius 3 is 2.43 bits per heavy atom. The lowest BCUT2D eigenvalue weighted by molar-refractivity contribution is 0.0543. The van der Waals surface area contributed by atoms with Crippen LogP contribution in [0, 0.1) is 5.92 Å². The van der Waals surface area contributed by atoms with Crippen molar-refractivity contribution >= 4 is 9.84 Å². The smallest absolute Gasteiger partial charge is 0.228 e. The molecule has 0 saturated carbocycles. The summed E-state index contributed by atoms with van der Waals surface area (Å²) in [6, 6.07) is 10.1. The number of hydrogen-bond donors (Lipinski definition) is 1. The Morgan fingerprint density at radius 1 is 1.17 bits per heavy atom. The van der Waals surface area contributed by atoms with E-state index in [1.807, 2.05) is 29.7 Å². The molecule has 1 atom stereocenters. The quantitative estimate of drug-likeness (QED) is 0.657. The van der Waals surface area contributed by atoms with Crippen LogP contribution in [-0.2, 0) is 29.3 Å². The first-order chi connectivity index (χ1) is 14.3. The predicted octanol–water partition coefficient (Wildman–Crippen LogP) is 3.29. The summed E-state index contributed by atoms with van der Waals surface area (Å²) < 4.78 is 27.7. The van der Waals surface area contributed by atoms with E-state index in [9.17, 15) is 13.5 Å². The Kier molecular flexibility index (Phi) is 7.71. The second kappa shape index (κ2) is 10.1. The molecule has 1 aliphatic rings. The highest BCUT2D eigenvalue weighted by Crippen LogP contribution is 2.25. The molecule has 166 valence electrons. The summed E-state index contributed by atoms with van der Waals surface area (Å²) in [6.07, 6.45) is 5.02. The molecule has 0 spiro atoms. The lowest BCUT2D eigenvalue weighted by Gasteiger charge is -2.34. The zero-order valence-electron chi connectivity index (χ0n) is 18.4. The summed E-state index contributed by atoms with van der Waals surface area (Å²) in [5, 5.41) is 9.80. The van der Waals surface area contributed by atoms with Crippen molar-refractivity contribution in [3.05, 3.63) is 47.8 Å². The predicted molar refractivity (Wildman–Crippen MR) is 119 cm³/mol. The van der Waals surface area contributed by atoms with Crippen molar-refractivity contribution < 1.29 is 13.5 Å². The van der Waals surface area contributed by atoms with E-state index < -0.39 is 15.1 Å². The number of imidazole rings is 1. The SMILES string of the molecule is CC[C@H](O)C1CCN(Cc2cnc(S(=O)(=O)C(C)C)n2CCc2ccccc2)CC1. The maximum absolute atomic E-state index is 12.9. The lowest BCUT2D eigenvalue weighted by atomic mass is 9.90. The number of piperidine rings is 1. The van der Waals surface area contributed by atoms with Gasteiger partial charge in [-0.25, -0.2) is 13.4 Å². The van der Waals surface area contributed by atoms with Crippen LogP contribution in [0.4, 0.5) is 0 Å². The first kappa shape index (κ1) is 23.0. The summed E-state index contributed by atoms with van der Waals surface area (Å²) in [5.41, 5.74) is 2.12. The molecule has 0 bridgehead atoms. The van der Waals surface area contributed by atoms with Crippen LogP contribution in [0.25, 0.3) is 0 Å². The number of aliphatic hydroxyl groups is 1. The molecule has 1 aromatic heterocycles. The first-order valence-electron chi connectivity index (χ1n) is 11.1. The van der Waals surface area contributed by atoms with Gasteiger partial charge in [-0.15, -0.1) is 0 Å². The van der Waals surface area contributed by atoms with Crippen LogP contribution in [0.3, 0.4) is 0 Å². The summed E-state index contributed by atoms with van der Waals surface area (Å²) >= 11 is 0. The van der Waals surface area contributed by atoms with E-state index in [4.69, 9.17) is 0 Å². The Bertz CT molecular complexity index is 901. The van der Waals surface area contributed by atoms with E-state index in [-0.39, 0.29) is 11.3 Å². The fourth-order valence-electron chi connectivity index (χ4n) is 4.14. The molecule has 2 heterocycles. The average molecular weight is 434 g/mol. The van der Waals surface area contributed by atoms with Gasteiger partial charge in [-0.05, 0) is 64.1 Å². The fourth-order valence-corrected chi connectivity index (χ4v) is 5.28. The van der Waals surface area contributed by atoms with E-state index in [2.05, 4.69) is 22.0 Å². The van der Waals surface area contributed by atoms with E-state index >= 15 is 0 Å². The molecular formula is C23H35N3O3S. The largest absolute Gasteiger partial charge is 0.393 e. The molecule has 1 N–H and O–H groups in total.